The molecule has 2 heterocycles. The van der Waals surface area contributed by atoms with Crippen LogP contribution in [0.5, 0.6) is 0 Å². The summed E-state index contributed by atoms with van der Waals surface area (Å²) in [6.45, 7) is 4.09. The molecule has 1 aliphatic carbocycles. The van der Waals surface area contributed by atoms with Crippen LogP contribution in [0.25, 0.3) is 0 Å². The fourth-order valence-corrected chi connectivity index (χ4v) is 4.66. The highest BCUT2D eigenvalue weighted by atomic mass is 19.3. The molecule has 174 valence electrons. The fourth-order valence-electron chi connectivity index (χ4n) is 4.66. The molecule has 1 unspecified atom stereocenters. The topological polar surface area (TPSA) is 88.5 Å². The molecule has 0 radical (unpaired) electrons. The number of hydrogen-bond acceptors (Lipinski definition) is 4. The van der Waals surface area contributed by atoms with Gasteiger partial charge in [0.05, 0.1) is 6.07 Å². The summed E-state index contributed by atoms with van der Waals surface area (Å²) in [6, 6.07) is 0.322. The summed E-state index contributed by atoms with van der Waals surface area (Å²) in [6.07, 6.45) is 4.24. The van der Waals surface area contributed by atoms with E-state index in [1.165, 1.54) is 12.8 Å². The average molecular weight is 440 g/mol. The van der Waals surface area contributed by atoms with Gasteiger partial charge in [0, 0.05) is 39.0 Å². The molecular formula is C22H35F2N5O2. The lowest BCUT2D eigenvalue weighted by molar-refractivity contribution is -0.127. The number of rotatable bonds is 7. The van der Waals surface area contributed by atoms with Crippen molar-refractivity contribution in [1.29, 1.82) is 5.26 Å². The fraction of sp³-hybridized carbons (Fsp3) is 0.864. The quantitative estimate of drug-likeness (QED) is 0.639. The number of alkyl halides is 2. The summed E-state index contributed by atoms with van der Waals surface area (Å²) < 4.78 is 28.9. The summed E-state index contributed by atoms with van der Waals surface area (Å²) in [5.74, 6) is -3.78. The van der Waals surface area contributed by atoms with Gasteiger partial charge >= 0.3 is 6.03 Å². The van der Waals surface area contributed by atoms with Gasteiger partial charge < -0.3 is 20.4 Å². The predicted octanol–water partition coefficient (Wildman–Crippen LogP) is 2.87. The smallest absolute Gasteiger partial charge is 0.318 e. The van der Waals surface area contributed by atoms with E-state index in [9.17, 15) is 23.6 Å². The van der Waals surface area contributed by atoms with Crippen molar-refractivity contribution in [3.63, 3.8) is 0 Å². The highest BCUT2D eigenvalue weighted by Gasteiger charge is 2.46. The monoisotopic (exact) mass is 439 g/mol. The maximum atomic E-state index is 14.4. The summed E-state index contributed by atoms with van der Waals surface area (Å²) in [4.78, 5) is 29.5. The van der Waals surface area contributed by atoms with Gasteiger partial charge in [-0.1, -0.05) is 13.3 Å². The molecule has 0 bridgehead atoms. The van der Waals surface area contributed by atoms with Gasteiger partial charge in [-0.25, -0.2) is 13.6 Å². The van der Waals surface area contributed by atoms with Crippen molar-refractivity contribution >= 4 is 11.9 Å². The minimum atomic E-state index is -3.07. The Kier molecular flexibility index (Phi) is 7.09. The molecular weight excluding hydrogens is 404 g/mol. The first kappa shape index (κ1) is 23.7. The number of carbonyl (C=O) groups excluding carboxylic acids is 2. The minimum Gasteiger partial charge on any atom is -0.336 e. The molecule has 3 fully saturated rings. The molecule has 3 rings (SSSR count). The van der Waals surface area contributed by atoms with E-state index >= 15 is 0 Å². The van der Waals surface area contributed by atoms with Gasteiger partial charge in [0.2, 0.25) is 5.91 Å². The first-order valence-electron chi connectivity index (χ1n) is 11.5. The van der Waals surface area contributed by atoms with Gasteiger partial charge in [-0.05, 0) is 51.0 Å². The molecule has 3 aliphatic rings. The van der Waals surface area contributed by atoms with Crippen molar-refractivity contribution in [2.24, 2.45) is 5.41 Å². The Bertz CT molecular complexity index is 701. The summed E-state index contributed by atoms with van der Waals surface area (Å²) in [5.41, 5.74) is -0.703. The van der Waals surface area contributed by atoms with Crippen LogP contribution >= 0.6 is 0 Å². The molecule has 31 heavy (non-hydrogen) atoms. The summed E-state index contributed by atoms with van der Waals surface area (Å²) >= 11 is 0. The Morgan fingerprint density at radius 2 is 1.71 bits per heavy atom. The molecule has 0 aromatic rings. The van der Waals surface area contributed by atoms with E-state index in [2.05, 4.69) is 21.6 Å². The first-order chi connectivity index (χ1) is 14.6. The molecule has 0 aromatic heterocycles. The first-order valence-corrected chi connectivity index (χ1v) is 11.5. The Morgan fingerprint density at radius 1 is 1.10 bits per heavy atom. The Labute approximate surface area is 183 Å². The molecule has 3 amide bonds. The Hall–Kier alpha value is -1.95. The molecule has 2 saturated heterocycles. The van der Waals surface area contributed by atoms with Crippen LogP contribution in [-0.2, 0) is 4.79 Å². The molecule has 0 aromatic carbocycles. The van der Waals surface area contributed by atoms with E-state index in [4.69, 9.17) is 0 Å². The van der Waals surface area contributed by atoms with E-state index in [-0.39, 0.29) is 12.8 Å². The minimum absolute atomic E-state index is 0.276. The third-order valence-corrected chi connectivity index (χ3v) is 7.22. The number of nitrogens with zero attached hydrogens (tertiary/aromatic N) is 3. The number of urea groups is 1. The van der Waals surface area contributed by atoms with Crippen LogP contribution in [0, 0.1) is 16.7 Å². The SMILES string of the molecule is CCCC(F)(F)CC(NC(=O)N1CCC2(CC1)CC2)C(=O)NC1(C#N)CCN(C)CC1. The van der Waals surface area contributed by atoms with Gasteiger partial charge in [0.15, 0.2) is 0 Å². The maximum Gasteiger partial charge on any atom is 0.318 e. The maximum absolute atomic E-state index is 14.4. The van der Waals surface area contributed by atoms with Crippen molar-refractivity contribution in [3.8, 4) is 6.07 Å². The van der Waals surface area contributed by atoms with Gasteiger partial charge in [-0.3, -0.25) is 4.79 Å². The second kappa shape index (κ2) is 9.27. The molecule has 7 nitrogen and oxygen atoms in total. The van der Waals surface area contributed by atoms with E-state index < -0.39 is 35.9 Å². The number of likely N-dealkylation sites (tertiary alicyclic amines) is 2. The number of piperidine rings is 2. The van der Waals surface area contributed by atoms with Crippen LogP contribution in [0.3, 0.4) is 0 Å². The number of nitriles is 1. The van der Waals surface area contributed by atoms with Gasteiger partial charge in [0.25, 0.3) is 5.92 Å². The zero-order valence-electron chi connectivity index (χ0n) is 18.7. The van der Waals surface area contributed by atoms with Gasteiger partial charge in [-0.2, -0.15) is 5.26 Å². The van der Waals surface area contributed by atoms with E-state index in [0.29, 0.717) is 44.4 Å². The zero-order valence-corrected chi connectivity index (χ0v) is 18.7. The molecule has 2 N–H and O–H groups in total. The van der Waals surface area contributed by atoms with Crippen LogP contribution in [0.15, 0.2) is 0 Å². The Morgan fingerprint density at radius 3 is 2.23 bits per heavy atom. The van der Waals surface area contributed by atoms with Crippen molar-refractivity contribution < 1.29 is 18.4 Å². The standard InChI is InChI=1S/C22H35F2N5O2/c1-3-4-22(23,24)15-17(18(30)27-21(16-25)9-11-28(2)12-10-21)26-19(31)29-13-7-20(5-6-20)8-14-29/h17H,3-15H2,1-2H3,(H,26,31)(H,27,30). The van der Waals surface area contributed by atoms with E-state index in [0.717, 1.165) is 12.8 Å². The zero-order chi connectivity index (χ0) is 22.7. The molecule has 1 atom stereocenters. The largest absolute Gasteiger partial charge is 0.336 e. The normalized spacial score (nSPS) is 23.6. The molecule has 1 saturated carbocycles. The number of amides is 3. The predicted molar refractivity (Wildman–Crippen MR) is 112 cm³/mol. The number of carbonyl (C=O) groups is 2. The van der Waals surface area contributed by atoms with E-state index in [1.54, 1.807) is 11.8 Å². The molecule has 9 heteroatoms. The van der Waals surface area contributed by atoms with Crippen LogP contribution in [0.2, 0.25) is 0 Å². The van der Waals surface area contributed by atoms with Crippen molar-refractivity contribution in [2.45, 2.75) is 82.2 Å². The molecule has 2 aliphatic heterocycles. The number of halogens is 2. The summed E-state index contributed by atoms with van der Waals surface area (Å²) in [5, 5.41) is 15.0. The van der Waals surface area contributed by atoms with Gasteiger partial charge in [-0.15, -0.1) is 0 Å². The number of hydrogen-bond donors (Lipinski definition) is 2. The van der Waals surface area contributed by atoms with Crippen LogP contribution < -0.4 is 10.6 Å². The summed E-state index contributed by atoms with van der Waals surface area (Å²) in [7, 11) is 1.93. The van der Waals surface area contributed by atoms with Crippen molar-refractivity contribution in [2.75, 3.05) is 33.2 Å². The third-order valence-electron chi connectivity index (χ3n) is 7.22. The van der Waals surface area contributed by atoms with Crippen molar-refractivity contribution in [3.05, 3.63) is 0 Å². The second-order valence-electron chi connectivity index (χ2n) is 9.79. The average Bonchev–Trinajstić information content (AvgIpc) is 3.48. The number of nitrogens with one attached hydrogen (secondary N) is 2. The van der Waals surface area contributed by atoms with Gasteiger partial charge in [0.1, 0.15) is 11.6 Å². The molecule has 1 spiro atoms. The Balaban J connectivity index is 1.67. The highest BCUT2D eigenvalue weighted by Crippen LogP contribution is 2.53. The van der Waals surface area contributed by atoms with E-state index in [1.807, 2.05) is 7.05 Å². The lowest BCUT2D eigenvalue weighted by atomic mass is 9.88. The lowest BCUT2D eigenvalue weighted by Crippen LogP contribution is -2.60. The van der Waals surface area contributed by atoms with Crippen LogP contribution in [-0.4, -0.2) is 72.5 Å². The second-order valence-corrected chi connectivity index (χ2v) is 9.79. The van der Waals surface area contributed by atoms with Crippen LogP contribution in [0.4, 0.5) is 13.6 Å². The van der Waals surface area contributed by atoms with Crippen LogP contribution in [0.1, 0.15) is 64.7 Å². The lowest BCUT2D eigenvalue weighted by Gasteiger charge is -2.38. The van der Waals surface area contributed by atoms with Crippen molar-refractivity contribution in [1.82, 2.24) is 20.4 Å². The third kappa shape index (κ3) is 6.06. The highest BCUT2D eigenvalue weighted by molar-refractivity contribution is 5.88.